The van der Waals surface area contributed by atoms with E-state index in [1.165, 1.54) is 5.39 Å². The molecule has 0 aliphatic carbocycles. The molecule has 0 atom stereocenters. The van der Waals surface area contributed by atoms with Gasteiger partial charge in [-0.1, -0.05) is 48.5 Å². The van der Waals surface area contributed by atoms with E-state index in [-0.39, 0.29) is 0 Å². The van der Waals surface area contributed by atoms with Gasteiger partial charge in [0.2, 0.25) is 0 Å². The van der Waals surface area contributed by atoms with Gasteiger partial charge >= 0.3 is 0 Å². The number of hydrogen-bond donors (Lipinski definition) is 0. The highest BCUT2D eigenvalue weighted by atomic mass is 14.1. The van der Waals surface area contributed by atoms with Crippen LogP contribution in [0.15, 0.2) is 48.5 Å². The quantitative estimate of drug-likeness (QED) is 0.474. The number of hydrogen-bond acceptors (Lipinski definition) is 0. The summed E-state index contributed by atoms with van der Waals surface area (Å²) in [5, 5.41) is 4.13. The fourth-order valence-electron chi connectivity index (χ4n) is 2.31. The third kappa shape index (κ3) is 1.23. The minimum Gasteiger partial charge on any atom is -0.0616 e. The SMILES string of the molecule is [2H]C([2H])([2H])c1cccc2c1cc(C)c1ccccc12. The van der Waals surface area contributed by atoms with Crippen molar-refractivity contribution >= 4 is 21.5 Å². The molecule has 0 heterocycles. The summed E-state index contributed by atoms with van der Waals surface area (Å²) in [7, 11) is 0. The molecule has 0 nitrogen and oxygen atoms in total. The van der Waals surface area contributed by atoms with Gasteiger partial charge in [0.25, 0.3) is 0 Å². The minimum atomic E-state index is -2.07. The molecule has 0 saturated heterocycles. The van der Waals surface area contributed by atoms with Gasteiger partial charge in [-0.3, -0.25) is 0 Å². The van der Waals surface area contributed by atoms with E-state index in [1.807, 2.05) is 43.3 Å². The second-order valence-corrected chi connectivity index (χ2v) is 4.14. The molecule has 0 aliphatic heterocycles. The largest absolute Gasteiger partial charge is 0.0616 e. The van der Waals surface area contributed by atoms with E-state index >= 15 is 0 Å². The summed E-state index contributed by atoms with van der Waals surface area (Å²) < 4.78 is 23.0. The zero-order chi connectivity index (χ0) is 13.6. The Balaban J connectivity index is 2.53. The van der Waals surface area contributed by atoms with Crippen LogP contribution in [0.3, 0.4) is 0 Å². The maximum absolute atomic E-state index is 7.67. The van der Waals surface area contributed by atoms with Crippen LogP contribution in [0.25, 0.3) is 21.5 Å². The zero-order valence-corrected chi connectivity index (χ0v) is 9.12. The summed E-state index contributed by atoms with van der Waals surface area (Å²) in [5.74, 6) is 0. The van der Waals surface area contributed by atoms with Crippen LogP contribution in [0.2, 0.25) is 0 Å². The van der Waals surface area contributed by atoms with E-state index < -0.39 is 6.85 Å². The number of rotatable bonds is 0. The maximum atomic E-state index is 7.67. The molecule has 0 aromatic heterocycles. The molecular formula is C16H14. The van der Waals surface area contributed by atoms with E-state index in [0.717, 1.165) is 21.7 Å². The maximum Gasteiger partial charge on any atom is 0.0280 e. The molecule has 78 valence electrons. The lowest BCUT2D eigenvalue weighted by molar-refractivity contribution is 1.50. The van der Waals surface area contributed by atoms with E-state index in [0.29, 0.717) is 5.56 Å². The van der Waals surface area contributed by atoms with Gasteiger partial charge in [-0.2, -0.15) is 0 Å². The molecule has 0 heteroatoms. The van der Waals surface area contributed by atoms with E-state index in [2.05, 4.69) is 6.07 Å². The lowest BCUT2D eigenvalue weighted by Gasteiger charge is -2.09. The Kier molecular flexibility index (Phi) is 1.40. The lowest BCUT2D eigenvalue weighted by atomic mass is 9.96. The average molecular weight is 209 g/mol. The molecule has 0 amide bonds. The minimum absolute atomic E-state index is 0.429. The van der Waals surface area contributed by atoms with Crippen molar-refractivity contribution in [1.29, 1.82) is 0 Å². The Bertz CT molecular complexity index is 770. The van der Waals surface area contributed by atoms with Gasteiger partial charge in [0, 0.05) is 4.11 Å². The summed E-state index contributed by atoms with van der Waals surface area (Å²) >= 11 is 0. The Morgan fingerprint density at radius 3 is 2.25 bits per heavy atom. The molecule has 0 fully saturated rings. The number of benzene rings is 3. The fourth-order valence-corrected chi connectivity index (χ4v) is 2.31. The molecule has 16 heavy (non-hydrogen) atoms. The third-order valence-electron chi connectivity index (χ3n) is 3.11. The van der Waals surface area contributed by atoms with Crippen molar-refractivity contribution < 1.29 is 4.11 Å². The molecular weight excluding hydrogens is 192 g/mol. The van der Waals surface area contributed by atoms with Gasteiger partial charge < -0.3 is 0 Å². The van der Waals surface area contributed by atoms with E-state index in [4.69, 9.17) is 4.11 Å². The standard InChI is InChI=1S/C16H14/c1-11-6-5-9-15-14-8-4-3-7-13(14)12(2)10-16(11)15/h3-10H,1-2H3/i1D3. The second kappa shape index (κ2) is 3.34. The van der Waals surface area contributed by atoms with E-state index in [9.17, 15) is 0 Å². The Hall–Kier alpha value is -1.82. The average Bonchev–Trinajstić information content (AvgIpc) is 2.37. The zero-order valence-electron chi connectivity index (χ0n) is 12.1. The summed E-state index contributed by atoms with van der Waals surface area (Å²) in [5.41, 5.74) is 1.54. The Morgan fingerprint density at radius 1 is 0.750 bits per heavy atom. The number of fused-ring (bicyclic) bond motifs is 3. The third-order valence-corrected chi connectivity index (χ3v) is 3.11. The van der Waals surface area contributed by atoms with E-state index in [1.54, 1.807) is 6.07 Å². The van der Waals surface area contributed by atoms with Gasteiger partial charge in [-0.25, -0.2) is 0 Å². The van der Waals surface area contributed by atoms with Gasteiger partial charge in [0.1, 0.15) is 0 Å². The van der Waals surface area contributed by atoms with Gasteiger partial charge in [-0.15, -0.1) is 0 Å². The monoisotopic (exact) mass is 209 g/mol. The molecule has 3 aromatic carbocycles. The first-order valence-electron chi connectivity index (χ1n) is 6.90. The van der Waals surface area contributed by atoms with Crippen molar-refractivity contribution in [2.24, 2.45) is 0 Å². The van der Waals surface area contributed by atoms with Crippen LogP contribution in [-0.2, 0) is 0 Å². The molecule has 3 aromatic rings. The van der Waals surface area contributed by atoms with Crippen molar-refractivity contribution in [2.75, 3.05) is 0 Å². The van der Waals surface area contributed by atoms with Gasteiger partial charge in [-0.05, 0) is 46.4 Å². The van der Waals surface area contributed by atoms with Crippen LogP contribution in [-0.4, -0.2) is 0 Å². The Morgan fingerprint density at radius 2 is 1.44 bits per heavy atom. The van der Waals surface area contributed by atoms with Crippen LogP contribution in [0, 0.1) is 13.8 Å². The first-order chi connectivity index (χ1) is 8.98. The van der Waals surface area contributed by atoms with Crippen molar-refractivity contribution in [3.8, 4) is 0 Å². The molecule has 0 bridgehead atoms. The van der Waals surface area contributed by atoms with Crippen LogP contribution in [0.1, 0.15) is 15.2 Å². The van der Waals surface area contributed by atoms with Crippen molar-refractivity contribution in [1.82, 2.24) is 0 Å². The van der Waals surface area contributed by atoms with Crippen molar-refractivity contribution in [3.63, 3.8) is 0 Å². The molecule has 0 N–H and O–H groups in total. The van der Waals surface area contributed by atoms with Crippen molar-refractivity contribution in [2.45, 2.75) is 13.8 Å². The highest BCUT2D eigenvalue weighted by Gasteiger charge is 2.04. The smallest absolute Gasteiger partial charge is 0.0280 e. The topological polar surface area (TPSA) is 0 Å². The molecule has 0 saturated carbocycles. The van der Waals surface area contributed by atoms with Gasteiger partial charge in [0.05, 0.1) is 0 Å². The van der Waals surface area contributed by atoms with Crippen LogP contribution < -0.4 is 0 Å². The summed E-state index contributed by atoms with van der Waals surface area (Å²) in [6.45, 7) is -0.0491. The lowest BCUT2D eigenvalue weighted by Crippen LogP contribution is -1.84. The Labute approximate surface area is 99.7 Å². The normalized spacial score (nSPS) is 14.7. The summed E-state index contributed by atoms with van der Waals surface area (Å²) in [4.78, 5) is 0. The molecule has 0 unspecified atom stereocenters. The predicted molar refractivity (Wildman–Crippen MR) is 70.9 cm³/mol. The first-order valence-corrected chi connectivity index (χ1v) is 5.40. The highest BCUT2D eigenvalue weighted by Crippen LogP contribution is 2.29. The second-order valence-electron chi connectivity index (χ2n) is 4.14. The molecule has 0 spiro atoms. The fraction of sp³-hybridized carbons (Fsp3) is 0.125. The molecule has 0 radical (unpaired) electrons. The summed E-state index contributed by atoms with van der Waals surface area (Å²) in [6.07, 6.45) is 0. The molecule has 3 rings (SSSR count). The van der Waals surface area contributed by atoms with Gasteiger partial charge in [0.15, 0.2) is 0 Å². The predicted octanol–water partition coefficient (Wildman–Crippen LogP) is 4.61. The van der Waals surface area contributed by atoms with Crippen LogP contribution in [0.5, 0.6) is 0 Å². The van der Waals surface area contributed by atoms with Crippen molar-refractivity contribution in [3.05, 3.63) is 59.7 Å². The summed E-state index contributed by atoms with van der Waals surface area (Å²) in [6, 6.07) is 15.6. The number of aryl methyl sites for hydroxylation is 2. The first kappa shape index (κ1) is 6.70. The highest BCUT2D eigenvalue weighted by molar-refractivity contribution is 6.09. The van der Waals surface area contributed by atoms with Crippen LogP contribution in [0.4, 0.5) is 0 Å². The molecule has 0 aliphatic rings. The van der Waals surface area contributed by atoms with Crippen LogP contribution >= 0.6 is 0 Å².